The lowest BCUT2D eigenvalue weighted by Crippen LogP contribution is -2.12. The highest BCUT2D eigenvalue weighted by Gasteiger charge is 2.19. The van der Waals surface area contributed by atoms with E-state index in [2.05, 4.69) is 53.3 Å². The number of hydrogen-bond donors (Lipinski definition) is 1. The smallest absolute Gasteiger partial charge is 0.343 e. The number of aliphatic hydroxyl groups excluding tert-OH is 1. The third kappa shape index (κ3) is 5.41. The molecule has 0 spiro atoms. The SMILES string of the molecule is COC(=O)COc1cccc2c(CCSC(c3ccccc3)c3ccccc3)c(CO)oc12. The molecule has 0 saturated carbocycles. The fraction of sp³-hybridized carbons (Fsp3) is 0.222. The number of carbonyl (C=O) groups is 1. The lowest BCUT2D eigenvalue weighted by Gasteiger charge is -2.18. The summed E-state index contributed by atoms with van der Waals surface area (Å²) in [5.74, 6) is 1.35. The molecule has 0 aliphatic rings. The van der Waals surface area contributed by atoms with Gasteiger partial charge in [-0.2, -0.15) is 0 Å². The van der Waals surface area contributed by atoms with Gasteiger partial charge in [-0.05, 0) is 29.4 Å². The Balaban J connectivity index is 1.55. The van der Waals surface area contributed by atoms with Crippen molar-refractivity contribution in [2.24, 2.45) is 0 Å². The van der Waals surface area contributed by atoms with Crippen LogP contribution in [0.3, 0.4) is 0 Å². The molecule has 0 aliphatic heterocycles. The Kier molecular flexibility index (Phi) is 7.70. The summed E-state index contributed by atoms with van der Waals surface area (Å²) in [5.41, 5.74) is 4.01. The van der Waals surface area contributed by atoms with Gasteiger partial charge >= 0.3 is 5.97 Å². The first kappa shape index (κ1) is 23.0. The maximum Gasteiger partial charge on any atom is 0.343 e. The summed E-state index contributed by atoms with van der Waals surface area (Å²) in [4.78, 5) is 11.5. The zero-order chi connectivity index (χ0) is 23.0. The van der Waals surface area contributed by atoms with Crippen LogP contribution in [0.2, 0.25) is 0 Å². The lowest BCUT2D eigenvalue weighted by atomic mass is 10.0. The monoisotopic (exact) mass is 462 g/mol. The van der Waals surface area contributed by atoms with E-state index >= 15 is 0 Å². The molecule has 4 aromatic rings. The van der Waals surface area contributed by atoms with Gasteiger partial charge in [0.1, 0.15) is 12.4 Å². The zero-order valence-corrected chi connectivity index (χ0v) is 19.2. The van der Waals surface area contributed by atoms with Gasteiger partial charge in [0.15, 0.2) is 17.9 Å². The molecule has 33 heavy (non-hydrogen) atoms. The van der Waals surface area contributed by atoms with Gasteiger partial charge in [0, 0.05) is 10.9 Å². The molecule has 0 unspecified atom stereocenters. The Morgan fingerprint density at radius 3 is 2.24 bits per heavy atom. The number of rotatable bonds is 10. The predicted octanol–water partition coefficient (Wildman–Crippen LogP) is 5.54. The molecule has 170 valence electrons. The molecule has 0 amide bonds. The summed E-state index contributed by atoms with van der Waals surface area (Å²) in [6, 6.07) is 26.5. The van der Waals surface area contributed by atoms with Crippen LogP contribution in [-0.4, -0.2) is 30.5 Å². The highest BCUT2D eigenvalue weighted by Crippen LogP contribution is 2.38. The molecule has 0 fully saturated rings. The van der Waals surface area contributed by atoms with Crippen LogP contribution >= 0.6 is 11.8 Å². The van der Waals surface area contributed by atoms with Crippen molar-refractivity contribution in [1.82, 2.24) is 0 Å². The Morgan fingerprint density at radius 1 is 0.970 bits per heavy atom. The second-order valence-corrected chi connectivity index (χ2v) is 8.69. The van der Waals surface area contributed by atoms with Crippen LogP contribution in [0.5, 0.6) is 5.75 Å². The first-order chi connectivity index (χ1) is 16.2. The van der Waals surface area contributed by atoms with E-state index in [1.807, 2.05) is 36.0 Å². The second-order valence-electron chi connectivity index (χ2n) is 7.48. The molecule has 3 aromatic carbocycles. The highest BCUT2D eigenvalue weighted by molar-refractivity contribution is 7.99. The Hall–Kier alpha value is -3.22. The minimum Gasteiger partial charge on any atom is -0.478 e. The Labute approximate surface area is 197 Å². The number of methoxy groups -OCH3 is 1. The summed E-state index contributed by atoms with van der Waals surface area (Å²) < 4.78 is 16.2. The summed E-state index contributed by atoms with van der Waals surface area (Å²) in [7, 11) is 1.32. The quantitative estimate of drug-likeness (QED) is 0.312. The summed E-state index contributed by atoms with van der Waals surface area (Å²) >= 11 is 1.86. The van der Waals surface area contributed by atoms with Crippen LogP contribution in [0.15, 0.2) is 83.3 Å². The van der Waals surface area contributed by atoms with E-state index in [0.29, 0.717) is 17.1 Å². The highest BCUT2D eigenvalue weighted by atomic mass is 32.2. The maximum absolute atomic E-state index is 11.5. The Morgan fingerprint density at radius 2 is 1.64 bits per heavy atom. The molecule has 1 N–H and O–H groups in total. The summed E-state index contributed by atoms with van der Waals surface area (Å²) in [6.45, 7) is -0.405. The maximum atomic E-state index is 11.5. The van der Waals surface area contributed by atoms with Gasteiger partial charge < -0.3 is 19.0 Å². The average Bonchev–Trinajstić information content (AvgIpc) is 3.24. The molecule has 1 aromatic heterocycles. The second kappa shape index (κ2) is 11.1. The molecular weight excluding hydrogens is 436 g/mol. The number of fused-ring (bicyclic) bond motifs is 1. The molecule has 5 nitrogen and oxygen atoms in total. The van der Waals surface area contributed by atoms with Gasteiger partial charge in [-0.3, -0.25) is 0 Å². The number of carbonyl (C=O) groups excluding carboxylic acids is 1. The summed E-state index contributed by atoms with van der Waals surface area (Å²) in [5, 5.41) is 11.0. The number of esters is 1. The van der Waals surface area contributed by atoms with Crippen molar-refractivity contribution in [1.29, 1.82) is 0 Å². The van der Waals surface area contributed by atoms with Crippen LogP contribution in [0.25, 0.3) is 11.0 Å². The molecule has 1 heterocycles. The van der Waals surface area contributed by atoms with Crippen molar-refractivity contribution < 1.29 is 23.8 Å². The minimum absolute atomic E-state index is 0.202. The molecule has 0 aliphatic carbocycles. The largest absolute Gasteiger partial charge is 0.478 e. The van der Waals surface area contributed by atoms with Crippen molar-refractivity contribution in [3.63, 3.8) is 0 Å². The fourth-order valence-corrected chi connectivity index (χ4v) is 5.08. The number of ether oxygens (including phenoxy) is 2. The summed E-state index contributed by atoms with van der Waals surface area (Å²) in [6.07, 6.45) is 0.726. The van der Waals surface area contributed by atoms with E-state index in [1.165, 1.54) is 18.2 Å². The van der Waals surface area contributed by atoms with Gasteiger partial charge in [-0.15, -0.1) is 11.8 Å². The van der Waals surface area contributed by atoms with Gasteiger partial charge in [0.25, 0.3) is 0 Å². The third-order valence-electron chi connectivity index (χ3n) is 5.42. The van der Waals surface area contributed by atoms with E-state index < -0.39 is 5.97 Å². The van der Waals surface area contributed by atoms with E-state index in [1.54, 1.807) is 6.07 Å². The predicted molar refractivity (Wildman–Crippen MR) is 131 cm³/mol. The van der Waals surface area contributed by atoms with Crippen LogP contribution < -0.4 is 4.74 Å². The number of furan rings is 1. The van der Waals surface area contributed by atoms with Crippen molar-refractivity contribution >= 4 is 28.7 Å². The zero-order valence-electron chi connectivity index (χ0n) is 18.4. The molecule has 0 atom stereocenters. The first-order valence-corrected chi connectivity index (χ1v) is 11.8. The Bertz CT molecular complexity index is 1150. The number of hydrogen-bond acceptors (Lipinski definition) is 6. The molecule has 0 bridgehead atoms. The fourth-order valence-electron chi connectivity index (χ4n) is 3.82. The normalized spacial score (nSPS) is 11.1. The van der Waals surface area contributed by atoms with E-state index in [9.17, 15) is 9.90 Å². The van der Waals surface area contributed by atoms with Crippen LogP contribution in [-0.2, 0) is 22.6 Å². The van der Waals surface area contributed by atoms with Crippen molar-refractivity contribution in [3.05, 3.63) is 101 Å². The topological polar surface area (TPSA) is 68.9 Å². The lowest BCUT2D eigenvalue weighted by molar-refractivity contribution is -0.142. The van der Waals surface area contributed by atoms with E-state index in [4.69, 9.17) is 9.15 Å². The molecule has 0 saturated heterocycles. The van der Waals surface area contributed by atoms with Gasteiger partial charge in [0.2, 0.25) is 0 Å². The van der Waals surface area contributed by atoms with Crippen LogP contribution in [0.4, 0.5) is 0 Å². The van der Waals surface area contributed by atoms with E-state index in [0.717, 1.165) is 23.1 Å². The van der Waals surface area contributed by atoms with Crippen LogP contribution in [0.1, 0.15) is 27.7 Å². The molecule has 4 rings (SSSR count). The van der Waals surface area contributed by atoms with Gasteiger partial charge in [-0.1, -0.05) is 72.8 Å². The average molecular weight is 463 g/mol. The number of benzene rings is 3. The molecule has 0 radical (unpaired) electrons. The molecule has 6 heteroatoms. The van der Waals surface area contributed by atoms with Crippen molar-refractivity contribution in [2.75, 3.05) is 19.5 Å². The standard InChI is InChI=1S/C27H26O5S/c1-30-25(29)18-31-23-14-8-13-22-21(24(17-28)32-26(22)23)15-16-33-27(19-9-4-2-5-10-19)20-11-6-3-7-12-20/h2-14,27-28H,15-18H2,1H3. The number of aryl methyl sites for hydroxylation is 1. The minimum atomic E-state index is -0.467. The molecular formula is C27H26O5S. The number of para-hydroxylation sites is 1. The third-order valence-corrected chi connectivity index (χ3v) is 6.74. The van der Waals surface area contributed by atoms with Crippen molar-refractivity contribution in [3.8, 4) is 5.75 Å². The number of aliphatic hydroxyl groups is 1. The van der Waals surface area contributed by atoms with E-state index in [-0.39, 0.29) is 18.5 Å². The van der Waals surface area contributed by atoms with Crippen molar-refractivity contribution in [2.45, 2.75) is 18.3 Å². The van der Waals surface area contributed by atoms with Gasteiger partial charge in [-0.25, -0.2) is 4.79 Å². The van der Waals surface area contributed by atoms with Crippen LogP contribution in [0, 0.1) is 0 Å². The first-order valence-electron chi connectivity index (χ1n) is 10.8. The van der Waals surface area contributed by atoms with Gasteiger partial charge in [0.05, 0.1) is 12.4 Å². The number of thioether (sulfide) groups is 1.